The van der Waals surface area contributed by atoms with Gasteiger partial charge in [0.05, 0.1) is 0 Å². The summed E-state index contributed by atoms with van der Waals surface area (Å²) in [6, 6.07) is 8.31. The molecule has 0 unspecified atom stereocenters. The number of anilines is 1. The smallest absolute Gasteiger partial charge is 0.0499 e. The van der Waals surface area contributed by atoms with Crippen molar-refractivity contribution in [1.29, 1.82) is 5.41 Å². The number of rotatable bonds is 5. The van der Waals surface area contributed by atoms with Gasteiger partial charge >= 0.3 is 0 Å². The van der Waals surface area contributed by atoms with Crippen molar-refractivity contribution < 1.29 is 0 Å². The molecule has 0 fully saturated rings. The van der Waals surface area contributed by atoms with Crippen molar-refractivity contribution in [3.8, 4) is 0 Å². The van der Waals surface area contributed by atoms with Gasteiger partial charge in [-0.3, -0.25) is 0 Å². The highest BCUT2D eigenvalue weighted by Gasteiger charge is 2.12. The summed E-state index contributed by atoms with van der Waals surface area (Å²) in [5, 5.41) is 7.48. The second kappa shape index (κ2) is 6.74. The van der Waals surface area contributed by atoms with Crippen molar-refractivity contribution in [1.82, 2.24) is 0 Å². The minimum atomic E-state index is 0.904. The summed E-state index contributed by atoms with van der Waals surface area (Å²) in [7, 11) is 0. The predicted octanol–water partition coefficient (Wildman–Crippen LogP) is 4.83. The Balaban J connectivity index is 3.38. The van der Waals surface area contributed by atoms with Crippen molar-refractivity contribution in [2.24, 2.45) is 0 Å². The topological polar surface area (TPSA) is 27.1 Å². The van der Waals surface area contributed by atoms with E-state index in [4.69, 9.17) is 5.41 Å². The molecule has 100 valence electrons. The fourth-order valence-corrected chi connectivity index (χ4v) is 1.87. The van der Waals surface area contributed by atoms with Crippen LogP contribution in [-0.4, -0.2) is 6.21 Å². The number of allylic oxidation sites excluding steroid dienone is 4. The molecule has 1 N–H and O–H groups in total. The molecule has 0 heterocycles. The molecule has 0 aliphatic rings. The van der Waals surface area contributed by atoms with Crippen LogP contribution in [0.2, 0.25) is 0 Å². The van der Waals surface area contributed by atoms with Crippen LogP contribution >= 0.6 is 0 Å². The van der Waals surface area contributed by atoms with Crippen LogP contribution in [0.5, 0.6) is 0 Å². The molecule has 0 saturated heterocycles. The van der Waals surface area contributed by atoms with E-state index < -0.39 is 0 Å². The molecule has 0 radical (unpaired) electrons. The van der Waals surface area contributed by atoms with Crippen molar-refractivity contribution in [3.63, 3.8) is 0 Å². The fourth-order valence-electron chi connectivity index (χ4n) is 1.87. The van der Waals surface area contributed by atoms with E-state index in [-0.39, 0.29) is 0 Å². The van der Waals surface area contributed by atoms with E-state index in [0.717, 1.165) is 22.7 Å². The van der Waals surface area contributed by atoms with E-state index in [2.05, 4.69) is 42.7 Å². The predicted molar refractivity (Wildman–Crippen MR) is 84.8 cm³/mol. The summed E-state index contributed by atoms with van der Waals surface area (Å²) < 4.78 is 0. The molecule has 0 atom stereocenters. The molecule has 19 heavy (non-hydrogen) atoms. The largest absolute Gasteiger partial charge is 0.315 e. The summed E-state index contributed by atoms with van der Waals surface area (Å²) >= 11 is 0. The fraction of sp³-hybridized carbons (Fsp3) is 0.235. The number of hydrogen-bond acceptors (Lipinski definition) is 2. The zero-order valence-electron chi connectivity index (χ0n) is 12.2. The number of hydrogen-bond donors (Lipinski definition) is 1. The Bertz CT molecular complexity index is 519. The lowest BCUT2D eigenvalue weighted by Gasteiger charge is -2.27. The number of nitrogens with one attached hydrogen (secondary N) is 1. The maximum Gasteiger partial charge on any atom is 0.0499 e. The molecule has 0 saturated carbocycles. The van der Waals surface area contributed by atoms with Gasteiger partial charge in [-0.1, -0.05) is 30.4 Å². The van der Waals surface area contributed by atoms with Crippen LogP contribution in [0.25, 0.3) is 0 Å². The molecular weight excluding hydrogens is 232 g/mol. The van der Waals surface area contributed by atoms with Crippen LogP contribution in [0, 0.1) is 12.3 Å². The Hall–Kier alpha value is -2.09. The van der Waals surface area contributed by atoms with Crippen LogP contribution in [0.3, 0.4) is 0 Å². The Morgan fingerprint density at radius 2 is 1.79 bits per heavy atom. The van der Waals surface area contributed by atoms with E-state index in [1.807, 2.05) is 32.9 Å². The molecule has 0 aliphatic heterocycles. The van der Waals surface area contributed by atoms with Crippen molar-refractivity contribution in [2.75, 3.05) is 4.90 Å². The van der Waals surface area contributed by atoms with Gasteiger partial charge in [0.2, 0.25) is 0 Å². The first kappa shape index (κ1) is 15.0. The first-order valence-electron chi connectivity index (χ1n) is 6.37. The van der Waals surface area contributed by atoms with E-state index in [1.165, 1.54) is 11.8 Å². The highest BCUT2D eigenvalue weighted by molar-refractivity contribution is 5.79. The SMILES string of the molecule is C=C(C)N(C(/C=C\C)=C(\C)C=N)c1ccc(C)cc1. The van der Waals surface area contributed by atoms with Crippen LogP contribution < -0.4 is 4.90 Å². The average molecular weight is 254 g/mol. The lowest BCUT2D eigenvalue weighted by molar-refractivity contribution is 1.09. The summed E-state index contributed by atoms with van der Waals surface area (Å²) in [4.78, 5) is 2.07. The average Bonchev–Trinajstić information content (AvgIpc) is 2.39. The Kier molecular flexibility index (Phi) is 5.31. The Labute approximate surface area is 116 Å². The maximum atomic E-state index is 7.48. The molecule has 1 rings (SSSR count). The van der Waals surface area contributed by atoms with E-state index >= 15 is 0 Å². The number of benzene rings is 1. The Morgan fingerprint density at radius 3 is 2.21 bits per heavy atom. The van der Waals surface area contributed by atoms with E-state index in [1.54, 1.807) is 0 Å². The normalized spacial score (nSPS) is 12.2. The maximum absolute atomic E-state index is 7.48. The zero-order valence-corrected chi connectivity index (χ0v) is 12.2. The van der Waals surface area contributed by atoms with Gasteiger partial charge in [-0.25, -0.2) is 0 Å². The standard InChI is InChI=1S/C17H22N2/c1-6-7-17(15(5)12-18)19(13(2)3)16-10-8-14(4)9-11-16/h6-12,18H,2H2,1,3-5H3/b7-6-,17-15+,18-12?. The van der Waals surface area contributed by atoms with Crippen molar-refractivity contribution in [3.05, 3.63) is 65.5 Å². The Morgan fingerprint density at radius 1 is 1.21 bits per heavy atom. The first-order chi connectivity index (χ1) is 9.01. The van der Waals surface area contributed by atoms with Crippen LogP contribution in [0.4, 0.5) is 5.69 Å². The summed E-state index contributed by atoms with van der Waals surface area (Å²) in [6.07, 6.45) is 5.36. The minimum absolute atomic E-state index is 0.904. The van der Waals surface area contributed by atoms with Gasteiger partial charge in [0.15, 0.2) is 0 Å². The van der Waals surface area contributed by atoms with E-state index in [0.29, 0.717) is 0 Å². The third-order valence-corrected chi connectivity index (χ3v) is 2.86. The number of nitrogens with zero attached hydrogens (tertiary/aromatic N) is 1. The van der Waals surface area contributed by atoms with Crippen molar-refractivity contribution >= 4 is 11.9 Å². The zero-order chi connectivity index (χ0) is 14.4. The number of aryl methyl sites for hydroxylation is 1. The summed E-state index contributed by atoms with van der Waals surface area (Å²) in [5.41, 5.74) is 5.10. The van der Waals surface area contributed by atoms with Crippen LogP contribution in [0.15, 0.2) is 60.0 Å². The van der Waals surface area contributed by atoms with Gasteiger partial charge < -0.3 is 10.3 Å². The third-order valence-electron chi connectivity index (χ3n) is 2.86. The lowest BCUT2D eigenvalue weighted by atomic mass is 10.1. The first-order valence-corrected chi connectivity index (χ1v) is 6.37. The third kappa shape index (κ3) is 3.68. The quantitative estimate of drug-likeness (QED) is 0.591. The van der Waals surface area contributed by atoms with Gasteiger partial charge in [0.25, 0.3) is 0 Å². The molecule has 1 aromatic carbocycles. The van der Waals surface area contributed by atoms with Crippen molar-refractivity contribution in [2.45, 2.75) is 27.7 Å². The van der Waals surface area contributed by atoms with Gasteiger partial charge in [-0.2, -0.15) is 0 Å². The highest BCUT2D eigenvalue weighted by atomic mass is 15.1. The lowest BCUT2D eigenvalue weighted by Crippen LogP contribution is -2.20. The molecule has 0 amide bonds. The molecule has 0 bridgehead atoms. The molecule has 0 aliphatic carbocycles. The van der Waals surface area contributed by atoms with E-state index in [9.17, 15) is 0 Å². The summed E-state index contributed by atoms with van der Waals surface area (Å²) in [6.45, 7) is 12.0. The molecule has 2 heteroatoms. The van der Waals surface area contributed by atoms with Crippen LogP contribution in [0.1, 0.15) is 26.3 Å². The molecule has 0 spiro atoms. The highest BCUT2D eigenvalue weighted by Crippen LogP contribution is 2.26. The minimum Gasteiger partial charge on any atom is -0.315 e. The van der Waals surface area contributed by atoms with Crippen LogP contribution in [-0.2, 0) is 0 Å². The molecular formula is C17H22N2. The molecule has 2 nitrogen and oxygen atoms in total. The van der Waals surface area contributed by atoms with Gasteiger partial charge in [-0.15, -0.1) is 0 Å². The molecule has 1 aromatic rings. The second-order valence-electron chi connectivity index (χ2n) is 4.62. The monoisotopic (exact) mass is 254 g/mol. The van der Waals surface area contributed by atoms with Gasteiger partial charge in [0, 0.05) is 23.3 Å². The second-order valence-corrected chi connectivity index (χ2v) is 4.62. The molecule has 0 aromatic heterocycles. The van der Waals surface area contributed by atoms with Gasteiger partial charge in [0.1, 0.15) is 0 Å². The summed E-state index contributed by atoms with van der Waals surface area (Å²) in [5.74, 6) is 0. The van der Waals surface area contributed by atoms with Gasteiger partial charge in [-0.05, 0) is 51.5 Å².